The van der Waals surface area contributed by atoms with Crippen molar-refractivity contribution in [3.63, 3.8) is 0 Å². The summed E-state index contributed by atoms with van der Waals surface area (Å²) in [5.41, 5.74) is 4.58. The molecular formula is C27H33FN8O2. The van der Waals surface area contributed by atoms with Crippen molar-refractivity contribution in [1.82, 2.24) is 29.2 Å². The first-order chi connectivity index (χ1) is 18.4. The highest BCUT2D eigenvalue weighted by atomic mass is 19.1. The summed E-state index contributed by atoms with van der Waals surface area (Å²) < 4.78 is 23.6. The molecular weight excluding hydrogens is 487 g/mol. The molecule has 6 rings (SSSR count). The van der Waals surface area contributed by atoms with Crippen LogP contribution in [0.5, 0.6) is 0 Å². The maximum absolute atomic E-state index is 14.8. The molecule has 0 aromatic carbocycles. The van der Waals surface area contributed by atoms with Crippen LogP contribution in [-0.2, 0) is 29.0 Å². The molecule has 200 valence electrons. The smallest absolute Gasteiger partial charge is 0.237 e. The first kappa shape index (κ1) is 24.8. The van der Waals surface area contributed by atoms with Crippen LogP contribution in [0.25, 0.3) is 5.52 Å². The Morgan fingerprint density at radius 1 is 1.26 bits per heavy atom. The molecule has 0 unspecified atom stereocenters. The Bertz CT molecular complexity index is 1420. The summed E-state index contributed by atoms with van der Waals surface area (Å²) >= 11 is 0. The number of carbonyl (C=O) groups is 1. The second kappa shape index (κ2) is 9.67. The number of anilines is 1. The van der Waals surface area contributed by atoms with E-state index in [9.17, 15) is 14.4 Å². The Kier molecular flexibility index (Phi) is 6.32. The van der Waals surface area contributed by atoms with Gasteiger partial charge < -0.3 is 14.5 Å². The van der Waals surface area contributed by atoms with Crippen molar-refractivity contribution in [3.05, 3.63) is 46.8 Å². The van der Waals surface area contributed by atoms with Crippen LogP contribution >= 0.6 is 0 Å². The first-order valence-electron chi connectivity index (χ1n) is 13.3. The highest BCUT2D eigenvalue weighted by molar-refractivity contribution is 5.79. The van der Waals surface area contributed by atoms with Gasteiger partial charge >= 0.3 is 0 Å². The molecule has 1 saturated heterocycles. The van der Waals surface area contributed by atoms with Crippen LogP contribution in [-0.4, -0.2) is 80.5 Å². The molecule has 10 nitrogen and oxygen atoms in total. The molecule has 1 amide bonds. The van der Waals surface area contributed by atoms with Crippen molar-refractivity contribution >= 4 is 17.1 Å². The van der Waals surface area contributed by atoms with Gasteiger partial charge in [-0.25, -0.2) is 8.91 Å². The largest absolute Gasteiger partial charge is 0.383 e. The number of fused-ring (bicyclic) bond motifs is 4. The van der Waals surface area contributed by atoms with Gasteiger partial charge in [-0.2, -0.15) is 15.5 Å². The van der Waals surface area contributed by atoms with E-state index in [0.29, 0.717) is 55.7 Å². The molecule has 11 heteroatoms. The lowest BCUT2D eigenvalue weighted by Crippen LogP contribution is -2.48. The molecule has 6 heterocycles. The van der Waals surface area contributed by atoms with E-state index in [1.165, 1.54) is 10.1 Å². The van der Waals surface area contributed by atoms with Gasteiger partial charge in [-0.05, 0) is 51.8 Å². The molecule has 3 aromatic heterocycles. The number of carbonyl (C=O) groups excluding carboxylic acids is 1. The second-order valence-electron chi connectivity index (χ2n) is 10.8. The zero-order valence-corrected chi connectivity index (χ0v) is 22.1. The minimum atomic E-state index is -0.445. The van der Waals surface area contributed by atoms with Crippen LogP contribution in [0.15, 0.2) is 18.3 Å². The monoisotopic (exact) mass is 520 g/mol. The molecule has 38 heavy (non-hydrogen) atoms. The Labute approximate surface area is 221 Å². The fourth-order valence-electron chi connectivity index (χ4n) is 6.47. The lowest BCUT2D eigenvalue weighted by atomic mass is 9.96. The summed E-state index contributed by atoms with van der Waals surface area (Å²) in [5, 5.41) is 18.5. The van der Waals surface area contributed by atoms with Gasteiger partial charge in [-0.3, -0.25) is 14.4 Å². The minimum absolute atomic E-state index is 0.0601. The number of hydrogen-bond acceptors (Lipinski definition) is 7. The number of nitriles is 1. The first-order valence-corrected chi connectivity index (χ1v) is 13.3. The van der Waals surface area contributed by atoms with E-state index in [1.807, 2.05) is 11.0 Å². The van der Waals surface area contributed by atoms with Crippen molar-refractivity contribution < 1.29 is 13.9 Å². The number of nitrogens with zero attached hydrogens (tertiary/aromatic N) is 8. The van der Waals surface area contributed by atoms with E-state index < -0.39 is 5.82 Å². The van der Waals surface area contributed by atoms with Crippen LogP contribution in [0.4, 0.5) is 10.1 Å². The lowest BCUT2D eigenvalue weighted by Gasteiger charge is -2.36. The Balaban J connectivity index is 1.25. The van der Waals surface area contributed by atoms with E-state index in [1.54, 1.807) is 13.2 Å². The molecule has 3 aliphatic rings. The van der Waals surface area contributed by atoms with Crippen LogP contribution in [0.2, 0.25) is 0 Å². The third-order valence-electron chi connectivity index (χ3n) is 8.36. The molecule has 3 aliphatic heterocycles. The summed E-state index contributed by atoms with van der Waals surface area (Å²) in [5.74, 6) is -0.303. The average molecular weight is 521 g/mol. The summed E-state index contributed by atoms with van der Waals surface area (Å²) in [6, 6.07) is 6.00. The second-order valence-corrected chi connectivity index (χ2v) is 10.8. The number of methoxy groups -OCH3 is 1. The quantitative estimate of drug-likeness (QED) is 0.510. The zero-order valence-electron chi connectivity index (χ0n) is 22.1. The normalized spacial score (nSPS) is 23.5. The van der Waals surface area contributed by atoms with Crippen LogP contribution < -0.4 is 4.90 Å². The molecule has 3 aromatic rings. The molecule has 3 atom stereocenters. The fraction of sp³-hybridized carbons (Fsp3) is 0.556. The van der Waals surface area contributed by atoms with Gasteiger partial charge in [0.25, 0.3) is 0 Å². The number of amides is 1. The van der Waals surface area contributed by atoms with Crippen molar-refractivity contribution in [2.75, 3.05) is 38.3 Å². The predicted octanol–water partition coefficient (Wildman–Crippen LogP) is 2.51. The van der Waals surface area contributed by atoms with Gasteiger partial charge in [0.2, 0.25) is 5.91 Å². The topological polar surface area (TPSA) is 94.9 Å². The third-order valence-corrected chi connectivity index (χ3v) is 8.36. The number of aromatic nitrogens is 4. The van der Waals surface area contributed by atoms with Crippen LogP contribution in [0, 0.1) is 17.1 Å². The zero-order chi connectivity index (χ0) is 26.6. The van der Waals surface area contributed by atoms with Gasteiger partial charge in [0.1, 0.15) is 17.3 Å². The molecule has 1 fully saturated rings. The highest BCUT2D eigenvalue weighted by Crippen LogP contribution is 2.35. The number of rotatable bonds is 5. The van der Waals surface area contributed by atoms with Gasteiger partial charge in [0.15, 0.2) is 5.82 Å². The summed E-state index contributed by atoms with van der Waals surface area (Å²) in [7, 11) is 1.71. The predicted molar refractivity (Wildman–Crippen MR) is 138 cm³/mol. The molecule has 0 bridgehead atoms. The van der Waals surface area contributed by atoms with Crippen molar-refractivity contribution in [2.45, 2.75) is 64.3 Å². The summed E-state index contributed by atoms with van der Waals surface area (Å²) in [6.07, 6.45) is 4.06. The number of pyridine rings is 1. The Hall–Kier alpha value is -3.49. The van der Waals surface area contributed by atoms with Gasteiger partial charge in [-0.1, -0.05) is 0 Å². The van der Waals surface area contributed by atoms with Crippen LogP contribution in [0.3, 0.4) is 0 Å². The van der Waals surface area contributed by atoms with Gasteiger partial charge in [0.05, 0.1) is 55.6 Å². The Morgan fingerprint density at radius 3 is 2.89 bits per heavy atom. The van der Waals surface area contributed by atoms with E-state index in [2.05, 4.69) is 39.5 Å². The van der Waals surface area contributed by atoms with Gasteiger partial charge in [-0.15, -0.1) is 0 Å². The van der Waals surface area contributed by atoms with E-state index in [4.69, 9.17) is 9.84 Å². The Morgan fingerprint density at radius 2 is 2.11 bits per heavy atom. The minimum Gasteiger partial charge on any atom is -0.383 e. The molecule has 0 saturated carbocycles. The highest BCUT2D eigenvalue weighted by Gasteiger charge is 2.37. The maximum Gasteiger partial charge on any atom is 0.237 e. The van der Waals surface area contributed by atoms with Crippen LogP contribution in [0.1, 0.15) is 55.4 Å². The van der Waals surface area contributed by atoms with E-state index >= 15 is 0 Å². The summed E-state index contributed by atoms with van der Waals surface area (Å²) in [6.45, 7) is 7.94. The van der Waals surface area contributed by atoms with Crippen molar-refractivity contribution in [3.8, 4) is 6.07 Å². The molecule has 0 N–H and O–H groups in total. The standard InChI is InChI=1S/C27H33FN8O2/c1-17-9-21-23(13-34(17)26(37)15-32-8-4-5-20(32)16-38-3)31-35-18(2)12-33(14-25(21)35)24-7-6-19(10-29)36-27(24)22(28)11-30-36/h6-7,11,17-18,20H,4-5,8-9,12-16H2,1-3H3/t17-,18+,20-/m0/s1. The third kappa shape index (κ3) is 4.03. The number of likely N-dealkylation sites (tertiary alicyclic amines) is 1. The van der Waals surface area contributed by atoms with E-state index in [0.717, 1.165) is 43.4 Å². The van der Waals surface area contributed by atoms with E-state index in [-0.39, 0.29) is 18.0 Å². The van der Waals surface area contributed by atoms with Crippen molar-refractivity contribution in [1.29, 1.82) is 5.26 Å². The molecule has 0 spiro atoms. The number of hydrogen-bond donors (Lipinski definition) is 0. The SMILES string of the molecule is COC[C@@H]1CCCN1CC(=O)N1Cc2nn3c(c2C[C@@H]1C)CN(c1ccc(C#N)n2ncc(F)c12)C[C@H]3C. The molecule has 0 aliphatic carbocycles. The van der Waals surface area contributed by atoms with Gasteiger partial charge in [0, 0.05) is 31.3 Å². The lowest BCUT2D eigenvalue weighted by molar-refractivity contribution is -0.136. The number of halogens is 1. The van der Waals surface area contributed by atoms with Crippen molar-refractivity contribution in [2.24, 2.45) is 0 Å². The fourth-order valence-corrected chi connectivity index (χ4v) is 6.47. The molecule has 0 radical (unpaired) electrons. The average Bonchev–Trinajstić information content (AvgIpc) is 3.61. The number of ether oxygens (including phenoxy) is 1. The maximum atomic E-state index is 14.8. The summed E-state index contributed by atoms with van der Waals surface area (Å²) in [4.78, 5) is 19.8.